The highest BCUT2D eigenvalue weighted by atomic mass is 19.1. The smallest absolute Gasteiger partial charge is 0.306 e. The molecule has 1 atom stereocenters. The van der Waals surface area contributed by atoms with Crippen molar-refractivity contribution >= 4 is 22.7 Å². The van der Waals surface area contributed by atoms with E-state index < -0.39 is 0 Å². The van der Waals surface area contributed by atoms with Crippen molar-refractivity contribution in [1.29, 1.82) is 0 Å². The van der Waals surface area contributed by atoms with E-state index in [9.17, 15) is 9.18 Å². The van der Waals surface area contributed by atoms with E-state index >= 15 is 0 Å². The summed E-state index contributed by atoms with van der Waals surface area (Å²) in [7, 11) is 0. The molecule has 1 fully saturated rings. The molecule has 2 aliphatic rings. The second-order valence-corrected chi connectivity index (χ2v) is 11.8. The number of halogens is 1. The third-order valence-electron chi connectivity index (χ3n) is 8.33. The molecule has 44 heavy (non-hydrogen) atoms. The largest absolute Gasteiger partial charge is 0.490 e. The highest BCUT2D eigenvalue weighted by Gasteiger charge is 2.28. The number of hydrogen-bond acceptors (Lipinski definition) is 8. The van der Waals surface area contributed by atoms with Gasteiger partial charge in [-0.25, -0.2) is 4.39 Å². The lowest BCUT2D eigenvalue weighted by Gasteiger charge is -2.33. The van der Waals surface area contributed by atoms with Gasteiger partial charge in [0.25, 0.3) is 0 Å². The van der Waals surface area contributed by atoms with Crippen molar-refractivity contribution in [1.82, 2.24) is 10.1 Å². The number of carbonyl (C=O) groups is 1. The van der Waals surface area contributed by atoms with Crippen molar-refractivity contribution < 1.29 is 27.9 Å². The number of nitrogens with zero attached hydrogens (tertiary/aromatic N) is 3. The van der Waals surface area contributed by atoms with Gasteiger partial charge in [0, 0.05) is 36.5 Å². The zero-order chi connectivity index (χ0) is 30.6. The van der Waals surface area contributed by atoms with Crippen LogP contribution in [0.1, 0.15) is 82.7 Å². The maximum absolute atomic E-state index is 13.6. The fraction of sp³-hybridized carbons (Fsp3) is 0.514. The van der Waals surface area contributed by atoms with Crippen LogP contribution in [0.5, 0.6) is 11.5 Å². The first-order valence-electron chi connectivity index (χ1n) is 16.1. The Morgan fingerprint density at radius 3 is 2.41 bits per heavy atom. The molecule has 0 radical (unpaired) electrons. The summed E-state index contributed by atoms with van der Waals surface area (Å²) in [4.78, 5) is 19.3. The van der Waals surface area contributed by atoms with Crippen molar-refractivity contribution in [3.63, 3.8) is 0 Å². The van der Waals surface area contributed by atoms with Crippen molar-refractivity contribution in [3.8, 4) is 11.5 Å². The van der Waals surface area contributed by atoms with Gasteiger partial charge in [-0.3, -0.25) is 14.7 Å². The topological polar surface area (TPSA) is 86.4 Å². The minimum atomic E-state index is -0.390. The molecule has 8 nitrogen and oxygen atoms in total. The number of ether oxygens (including phenoxy) is 3. The zero-order valence-corrected chi connectivity index (χ0v) is 25.7. The van der Waals surface area contributed by atoms with Crippen LogP contribution in [0.25, 0.3) is 11.0 Å². The van der Waals surface area contributed by atoms with Crippen LogP contribution in [0.15, 0.2) is 64.3 Å². The van der Waals surface area contributed by atoms with Crippen LogP contribution in [-0.2, 0) is 9.53 Å². The summed E-state index contributed by atoms with van der Waals surface area (Å²) in [6, 6.07) is 12.1. The van der Waals surface area contributed by atoms with Gasteiger partial charge in [-0.2, -0.15) is 0 Å². The van der Waals surface area contributed by atoms with E-state index in [2.05, 4.69) is 22.0 Å². The van der Waals surface area contributed by atoms with Crippen molar-refractivity contribution in [3.05, 3.63) is 66.3 Å². The first-order chi connectivity index (χ1) is 21.6. The van der Waals surface area contributed by atoms with Gasteiger partial charge in [0.05, 0.1) is 11.4 Å². The Balaban J connectivity index is 1.12. The second-order valence-electron chi connectivity index (χ2n) is 11.8. The maximum atomic E-state index is 13.6. The minimum Gasteiger partial charge on any atom is -0.490 e. The van der Waals surface area contributed by atoms with Gasteiger partial charge in [-0.15, -0.1) is 0 Å². The molecule has 2 aromatic carbocycles. The molecule has 236 valence electrons. The van der Waals surface area contributed by atoms with Crippen LogP contribution in [-0.4, -0.2) is 60.7 Å². The number of unbranched alkanes of at least 4 members (excludes halogenated alkanes) is 6. The quantitative estimate of drug-likeness (QED) is 0.109. The molecule has 9 heteroatoms. The molecule has 1 unspecified atom stereocenters. The normalized spacial score (nSPS) is 16.0. The average Bonchev–Trinajstić information content (AvgIpc) is 3.42. The first kappa shape index (κ1) is 31.7. The summed E-state index contributed by atoms with van der Waals surface area (Å²) >= 11 is 0. The number of hydrogen-bond donors (Lipinski definition) is 0. The molecule has 3 heterocycles. The summed E-state index contributed by atoms with van der Waals surface area (Å²) in [6.07, 6.45) is 13.6. The molecule has 5 rings (SSSR count). The molecule has 0 amide bonds. The molecule has 0 aliphatic carbocycles. The SMILES string of the molecule is CCCCCCCCCC(=O)OC(COc1ccc(OCC2=NC=C2)cc1)CN1CCC(c2noc3cc(F)ccc23)CC1. The Kier molecular flexibility index (Phi) is 11.8. The third kappa shape index (κ3) is 9.39. The van der Waals surface area contributed by atoms with Crippen LogP contribution >= 0.6 is 0 Å². The van der Waals surface area contributed by atoms with Crippen LogP contribution in [0.4, 0.5) is 4.39 Å². The number of benzene rings is 2. The van der Waals surface area contributed by atoms with E-state index in [1.165, 1.54) is 37.8 Å². The Hall–Kier alpha value is -3.72. The fourth-order valence-corrected chi connectivity index (χ4v) is 5.74. The van der Waals surface area contributed by atoms with E-state index in [1.807, 2.05) is 30.3 Å². The van der Waals surface area contributed by atoms with Gasteiger partial charge >= 0.3 is 5.97 Å². The average molecular weight is 606 g/mol. The zero-order valence-electron chi connectivity index (χ0n) is 25.7. The molecule has 0 N–H and O–H groups in total. The van der Waals surface area contributed by atoms with Crippen LogP contribution in [0, 0.1) is 5.82 Å². The third-order valence-corrected chi connectivity index (χ3v) is 8.33. The molecule has 0 spiro atoms. The number of carbonyl (C=O) groups excluding carboxylic acids is 1. The summed E-state index contributed by atoms with van der Waals surface area (Å²) in [5, 5.41) is 5.15. The van der Waals surface area contributed by atoms with Gasteiger partial charge in [-0.1, -0.05) is 50.6 Å². The van der Waals surface area contributed by atoms with Gasteiger partial charge in [0.1, 0.15) is 36.6 Å². The van der Waals surface area contributed by atoms with Crippen LogP contribution in [0.3, 0.4) is 0 Å². The van der Waals surface area contributed by atoms with Gasteiger partial charge < -0.3 is 18.7 Å². The molecule has 2 aliphatic heterocycles. The van der Waals surface area contributed by atoms with Gasteiger partial charge in [0.2, 0.25) is 0 Å². The number of piperidine rings is 1. The Bertz CT molecular complexity index is 1400. The van der Waals surface area contributed by atoms with Gasteiger partial charge in [0.15, 0.2) is 5.58 Å². The van der Waals surface area contributed by atoms with E-state index in [-0.39, 0.29) is 30.4 Å². The molecular weight excluding hydrogens is 561 g/mol. The highest BCUT2D eigenvalue weighted by molar-refractivity contribution is 6.00. The monoisotopic (exact) mass is 605 g/mol. The van der Waals surface area contributed by atoms with E-state index in [1.54, 1.807) is 12.3 Å². The Morgan fingerprint density at radius 1 is 1.00 bits per heavy atom. The molecule has 0 saturated carbocycles. The van der Waals surface area contributed by atoms with Crippen LogP contribution in [0.2, 0.25) is 0 Å². The number of aromatic nitrogens is 1. The lowest BCUT2D eigenvalue weighted by molar-refractivity contribution is -0.152. The van der Waals surface area contributed by atoms with Crippen molar-refractivity contribution in [2.45, 2.75) is 83.2 Å². The van der Waals surface area contributed by atoms with Crippen molar-refractivity contribution in [2.75, 3.05) is 32.8 Å². The molecule has 1 saturated heterocycles. The van der Waals surface area contributed by atoms with Gasteiger partial charge in [-0.05, 0) is 74.8 Å². The number of aliphatic imine (C=N–C) groups is 1. The number of esters is 1. The predicted molar refractivity (Wildman–Crippen MR) is 169 cm³/mol. The highest BCUT2D eigenvalue weighted by Crippen LogP contribution is 2.33. The lowest BCUT2D eigenvalue weighted by atomic mass is 9.91. The number of rotatable bonds is 18. The summed E-state index contributed by atoms with van der Waals surface area (Å²) in [5.41, 5.74) is 2.29. The number of likely N-dealkylation sites (tertiary alicyclic amines) is 1. The first-order valence-corrected chi connectivity index (χ1v) is 16.1. The Labute approximate surface area is 259 Å². The van der Waals surface area contributed by atoms with Crippen LogP contribution < -0.4 is 9.47 Å². The predicted octanol–water partition coefficient (Wildman–Crippen LogP) is 7.62. The molecule has 3 aromatic rings. The second kappa shape index (κ2) is 16.4. The standard InChI is InChI=1S/C35H44FN3O5/c1-2-3-4-5-6-7-8-9-34(40)43-31(25-42-30-13-11-29(12-14-30)41-24-28-16-19-37-28)23-39-20-17-26(18-21-39)35-32-15-10-27(36)22-33(32)44-38-35/h10-16,19,22,26,31H,2-9,17-18,20-21,23-25H2,1H3. The minimum absolute atomic E-state index is 0.167. The number of fused-ring (bicyclic) bond motifs is 1. The molecule has 1 aromatic heterocycles. The van der Waals surface area contributed by atoms with E-state index in [0.717, 1.165) is 67.7 Å². The van der Waals surface area contributed by atoms with Crippen molar-refractivity contribution in [2.24, 2.45) is 4.99 Å². The fourth-order valence-electron chi connectivity index (χ4n) is 5.74. The Morgan fingerprint density at radius 2 is 1.70 bits per heavy atom. The molecular formula is C35H44FN3O5. The summed E-state index contributed by atoms with van der Waals surface area (Å²) < 4.78 is 36.8. The summed E-state index contributed by atoms with van der Waals surface area (Å²) in [5.74, 6) is 1.18. The maximum Gasteiger partial charge on any atom is 0.306 e. The molecule has 0 bridgehead atoms. The lowest BCUT2D eigenvalue weighted by Crippen LogP contribution is -2.42. The summed E-state index contributed by atoms with van der Waals surface area (Å²) in [6.45, 7) is 5.18. The van der Waals surface area contributed by atoms with E-state index in [4.69, 9.17) is 18.7 Å². The van der Waals surface area contributed by atoms with E-state index in [0.29, 0.717) is 30.9 Å².